The minimum Gasteiger partial charge on any atom is -0.281 e. The van der Waals surface area contributed by atoms with Crippen LogP contribution in [0, 0.1) is 6.92 Å². The third-order valence-corrected chi connectivity index (χ3v) is 3.90. The minimum absolute atomic E-state index is 0.137. The summed E-state index contributed by atoms with van der Waals surface area (Å²) < 4.78 is 0.562. The lowest BCUT2D eigenvalue weighted by Crippen LogP contribution is -2.42. The molecule has 2 rings (SSSR count). The Morgan fingerprint density at radius 3 is 2.52 bits per heavy atom. The van der Waals surface area contributed by atoms with Crippen molar-refractivity contribution in [1.82, 2.24) is 21.0 Å². The summed E-state index contributed by atoms with van der Waals surface area (Å²) in [6, 6.07) is 6.90. The zero-order valence-electron chi connectivity index (χ0n) is 11.0. The van der Waals surface area contributed by atoms with E-state index >= 15 is 0 Å². The Labute approximate surface area is 134 Å². The summed E-state index contributed by atoms with van der Waals surface area (Å²) in [6.45, 7) is 1.77. The van der Waals surface area contributed by atoms with Crippen LogP contribution in [-0.4, -0.2) is 22.0 Å². The fourth-order valence-corrected chi connectivity index (χ4v) is 2.07. The van der Waals surface area contributed by atoms with Crippen molar-refractivity contribution in [1.29, 1.82) is 0 Å². The molecule has 0 unspecified atom stereocenters. The number of nitrogens with zero attached hydrogens (tertiary/aromatic N) is 1. The van der Waals surface area contributed by atoms with Crippen LogP contribution in [0.25, 0.3) is 0 Å². The molecule has 6 nitrogen and oxygen atoms in total. The number of H-pyrrole nitrogens is 1. The molecule has 2 amide bonds. The maximum Gasteiger partial charge on any atom is 0.291 e. The van der Waals surface area contributed by atoms with Crippen molar-refractivity contribution >= 4 is 39.3 Å². The van der Waals surface area contributed by atoms with Crippen LogP contribution in [0.2, 0.25) is 5.02 Å². The summed E-state index contributed by atoms with van der Waals surface area (Å²) in [6.07, 6.45) is 0.137. The lowest BCUT2D eigenvalue weighted by atomic mass is 10.1. The van der Waals surface area contributed by atoms with Gasteiger partial charge >= 0.3 is 0 Å². The summed E-state index contributed by atoms with van der Waals surface area (Å²) in [5, 5.41) is 7.11. The van der Waals surface area contributed by atoms with Gasteiger partial charge in [-0.3, -0.25) is 25.5 Å². The lowest BCUT2D eigenvalue weighted by molar-refractivity contribution is -0.121. The second kappa shape index (κ2) is 6.73. The van der Waals surface area contributed by atoms with E-state index in [1.54, 1.807) is 31.2 Å². The average molecular weight is 372 g/mol. The predicted molar refractivity (Wildman–Crippen MR) is 81.8 cm³/mol. The molecule has 1 heterocycles. The minimum atomic E-state index is -0.504. The Balaban J connectivity index is 1.88. The van der Waals surface area contributed by atoms with Crippen LogP contribution < -0.4 is 10.9 Å². The summed E-state index contributed by atoms with van der Waals surface area (Å²) in [5.41, 5.74) is 6.35. The second-order valence-corrected chi connectivity index (χ2v) is 5.55. The van der Waals surface area contributed by atoms with E-state index < -0.39 is 5.91 Å². The van der Waals surface area contributed by atoms with Crippen LogP contribution in [0.5, 0.6) is 0 Å². The number of aromatic amines is 1. The van der Waals surface area contributed by atoms with Crippen molar-refractivity contribution < 1.29 is 9.59 Å². The van der Waals surface area contributed by atoms with Crippen LogP contribution in [0.3, 0.4) is 0 Å². The molecule has 2 aromatic rings. The Morgan fingerprint density at radius 1 is 1.29 bits per heavy atom. The van der Waals surface area contributed by atoms with E-state index in [0.29, 0.717) is 9.50 Å². The molecule has 0 aliphatic rings. The maximum atomic E-state index is 11.8. The van der Waals surface area contributed by atoms with Gasteiger partial charge in [0.1, 0.15) is 0 Å². The highest BCUT2D eigenvalue weighted by atomic mass is 79.9. The van der Waals surface area contributed by atoms with Gasteiger partial charge in [0.2, 0.25) is 5.91 Å². The first-order chi connectivity index (χ1) is 9.97. The maximum absolute atomic E-state index is 11.8. The number of aryl methyl sites for hydroxylation is 1. The number of halogens is 2. The summed E-state index contributed by atoms with van der Waals surface area (Å²) in [5.74, 6) is -0.843. The van der Waals surface area contributed by atoms with Gasteiger partial charge in [0.25, 0.3) is 5.91 Å². The number of aromatic nitrogens is 2. The Kier molecular flexibility index (Phi) is 4.98. The van der Waals surface area contributed by atoms with Crippen molar-refractivity contribution in [3.63, 3.8) is 0 Å². The van der Waals surface area contributed by atoms with E-state index in [-0.39, 0.29) is 18.0 Å². The van der Waals surface area contributed by atoms with Gasteiger partial charge in [0, 0.05) is 10.7 Å². The SMILES string of the molecule is Cc1[nH]nc(C(=O)NNC(=O)Cc2ccc(Cl)cc2)c1Br. The Morgan fingerprint density at radius 2 is 1.95 bits per heavy atom. The topological polar surface area (TPSA) is 86.9 Å². The van der Waals surface area contributed by atoms with E-state index in [1.165, 1.54) is 0 Å². The molecule has 0 fully saturated rings. The molecular formula is C13H12BrClN4O2. The second-order valence-electron chi connectivity index (χ2n) is 4.32. The van der Waals surface area contributed by atoms with Crippen molar-refractivity contribution in [3.05, 3.63) is 50.7 Å². The summed E-state index contributed by atoms with van der Waals surface area (Å²) in [7, 11) is 0. The van der Waals surface area contributed by atoms with E-state index in [9.17, 15) is 9.59 Å². The van der Waals surface area contributed by atoms with Crippen LogP contribution >= 0.6 is 27.5 Å². The molecule has 0 atom stereocenters. The number of carbonyl (C=O) groups is 2. The number of hydrazine groups is 1. The standard InChI is InChI=1S/C13H12BrClN4O2/c1-7-11(14)12(18-16-7)13(21)19-17-10(20)6-8-2-4-9(15)5-3-8/h2-5H,6H2,1H3,(H,16,18)(H,17,20)(H,19,21). The molecule has 0 spiro atoms. The molecular weight excluding hydrogens is 360 g/mol. The zero-order chi connectivity index (χ0) is 15.4. The highest BCUT2D eigenvalue weighted by molar-refractivity contribution is 9.10. The predicted octanol–water partition coefficient (Wildman–Crippen LogP) is 2.14. The normalized spacial score (nSPS) is 10.2. The van der Waals surface area contributed by atoms with Crippen LogP contribution in [-0.2, 0) is 11.2 Å². The Hall–Kier alpha value is -1.86. The van der Waals surface area contributed by atoms with Crippen molar-refractivity contribution in [2.45, 2.75) is 13.3 Å². The molecule has 1 aromatic carbocycles. The third kappa shape index (κ3) is 4.05. The number of amides is 2. The molecule has 0 bridgehead atoms. The van der Waals surface area contributed by atoms with Gasteiger partial charge in [-0.15, -0.1) is 0 Å². The molecule has 1 aromatic heterocycles. The molecule has 0 aliphatic carbocycles. The molecule has 8 heteroatoms. The van der Waals surface area contributed by atoms with Gasteiger partial charge < -0.3 is 0 Å². The highest BCUT2D eigenvalue weighted by Crippen LogP contribution is 2.17. The van der Waals surface area contributed by atoms with Crippen molar-refractivity contribution in [3.8, 4) is 0 Å². The summed E-state index contributed by atoms with van der Waals surface area (Å²) >= 11 is 9.00. The first-order valence-corrected chi connectivity index (χ1v) is 7.18. The smallest absolute Gasteiger partial charge is 0.281 e. The zero-order valence-corrected chi connectivity index (χ0v) is 13.4. The number of carbonyl (C=O) groups excluding carboxylic acids is 2. The van der Waals surface area contributed by atoms with Gasteiger partial charge in [-0.25, -0.2) is 0 Å². The monoisotopic (exact) mass is 370 g/mol. The quantitative estimate of drug-likeness (QED) is 0.722. The highest BCUT2D eigenvalue weighted by Gasteiger charge is 2.16. The van der Waals surface area contributed by atoms with Crippen LogP contribution in [0.15, 0.2) is 28.7 Å². The molecule has 0 saturated heterocycles. The van der Waals surface area contributed by atoms with Crippen molar-refractivity contribution in [2.75, 3.05) is 0 Å². The van der Waals surface area contributed by atoms with Crippen molar-refractivity contribution in [2.24, 2.45) is 0 Å². The number of hydrogen-bond donors (Lipinski definition) is 3. The lowest BCUT2D eigenvalue weighted by Gasteiger charge is -2.06. The Bertz CT molecular complexity index is 669. The van der Waals surface area contributed by atoms with Gasteiger partial charge in [-0.1, -0.05) is 23.7 Å². The number of hydrogen-bond acceptors (Lipinski definition) is 3. The molecule has 21 heavy (non-hydrogen) atoms. The number of benzene rings is 1. The number of rotatable bonds is 3. The van der Waals surface area contributed by atoms with Gasteiger partial charge in [0.05, 0.1) is 10.9 Å². The first kappa shape index (κ1) is 15.5. The fraction of sp³-hybridized carbons (Fsp3) is 0.154. The van der Waals surface area contributed by atoms with Crippen LogP contribution in [0.1, 0.15) is 21.7 Å². The van der Waals surface area contributed by atoms with Crippen LogP contribution in [0.4, 0.5) is 0 Å². The third-order valence-electron chi connectivity index (χ3n) is 2.68. The molecule has 0 aliphatic heterocycles. The fourth-order valence-electron chi connectivity index (χ4n) is 1.58. The molecule has 3 N–H and O–H groups in total. The van der Waals surface area contributed by atoms with Gasteiger partial charge in [-0.05, 0) is 40.5 Å². The van der Waals surface area contributed by atoms with E-state index in [2.05, 4.69) is 37.0 Å². The molecule has 110 valence electrons. The van der Waals surface area contributed by atoms with E-state index in [1.807, 2.05) is 0 Å². The van der Waals surface area contributed by atoms with Gasteiger partial charge in [-0.2, -0.15) is 5.10 Å². The first-order valence-electron chi connectivity index (χ1n) is 6.01. The van der Waals surface area contributed by atoms with E-state index in [0.717, 1.165) is 11.3 Å². The summed E-state index contributed by atoms with van der Waals surface area (Å²) in [4.78, 5) is 23.5. The molecule has 0 radical (unpaired) electrons. The van der Waals surface area contributed by atoms with E-state index in [4.69, 9.17) is 11.6 Å². The van der Waals surface area contributed by atoms with Gasteiger partial charge in [0.15, 0.2) is 5.69 Å². The largest absolute Gasteiger partial charge is 0.291 e. The average Bonchev–Trinajstić information content (AvgIpc) is 2.79. The molecule has 0 saturated carbocycles. The number of nitrogens with one attached hydrogen (secondary N) is 3.